The van der Waals surface area contributed by atoms with Crippen LogP contribution in [-0.4, -0.2) is 44.6 Å². The molecule has 150 valence electrons. The Balaban J connectivity index is 1.34. The highest BCUT2D eigenvalue weighted by Gasteiger charge is 2.44. The predicted octanol–water partition coefficient (Wildman–Crippen LogP) is 4.03. The molecule has 1 saturated heterocycles. The fourth-order valence-corrected chi connectivity index (χ4v) is 5.58. The first kappa shape index (κ1) is 19.5. The normalized spacial score (nSPS) is 24.7. The highest BCUT2D eigenvalue weighted by molar-refractivity contribution is 7.10. The van der Waals surface area contributed by atoms with Gasteiger partial charge in [0.2, 0.25) is 0 Å². The summed E-state index contributed by atoms with van der Waals surface area (Å²) in [4.78, 5) is 8.49. The van der Waals surface area contributed by atoms with E-state index < -0.39 is 0 Å². The van der Waals surface area contributed by atoms with Gasteiger partial charge in [-0.05, 0) is 62.2 Å². The van der Waals surface area contributed by atoms with Crippen LogP contribution in [0.1, 0.15) is 42.2 Å². The van der Waals surface area contributed by atoms with Gasteiger partial charge in [0.25, 0.3) is 0 Å². The zero-order chi connectivity index (χ0) is 19.4. The lowest BCUT2D eigenvalue weighted by atomic mass is 9.88. The molecule has 2 N–H and O–H groups in total. The third kappa shape index (κ3) is 4.26. The summed E-state index contributed by atoms with van der Waals surface area (Å²) in [6.07, 6.45) is 5.06. The maximum absolute atomic E-state index is 4.49. The lowest BCUT2D eigenvalue weighted by Gasteiger charge is -2.39. The maximum Gasteiger partial charge on any atom is 0.191 e. The van der Waals surface area contributed by atoms with Crippen molar-refractivity contribution < 1.29 is 0 Å². The van der Waals surface area contributed by atoms with E-state index in [1.165, 1.54) is 42.7 Å². The van der Waals surface area contributed by atoms with E-state index in [9.17, 15) is 0 Å². The number of piperidine rings is 1. The van der Waals surface area contributed by atoms with Gasteiger partial charge in [-0.3, -0.25) is 9.89 Å². The zero-order valence-electron chi connectivity index (χ0n) is 17.0. The van der Waals surface area contributed by atoms with Gasteiger partial charge in [-0.1, -0.05) is 36.4 Å². The van der Waals surface area contributed by atoms with E-state index in [2.05, 4.69) is 75.4 Å². The smallest absolute Gasteiger partial charge is 0.191 e. The van der Waals surface area contributed by atoms with Gasteiger partial charge in [-0.15, -0.1) is 11.3 Å². The van der Waals surface area contributed by atoms with Gasteiger partial charge in [0, 0.05) is 36.5 Å². The average Bonchev–Trinajstić information content (AvgIpc) is 3.33. The van der Waals surface area contributed by atoms with Crippen molar-refractivity contribution in [3.8, 4) is 0 Å². The minimum absolute atomic E-state index is 0.295. The van der Waals surface area contributed by atoms with Crippen LogP contribution in [0.2, 0.25) is 0 Å². The predicted molar refractivity (Wildman–Crippen MR) is 119 cm³/mol. The first-order chi connectivity index (χ1) is 13.7. The molecule has 4 rings (SSSR count). The monoisotopic (exact) mass is 396 g/mol. The number of thiophene rings is 1. The molecule has 0 radical (unpaired) electrons. The van der Waals surface area contributed by atoms with E-state index in [-0.39, 0.29) is 0 Å². The fraction of sp³-hybridized carbons (Fsp3) is 0.522. The summed E-state index contributed by atoms with van der Waals surface area (Å²) in [6.45, 7) is 3.10. The molecular weight excluding hydrogens is 364 g/mol. The number of benzene rings is 1. The molecule has 28 heavy (non-hydrogen) atoms. The van der Waals surface area contributed by atoms with Crippen molar-refractivity contribution in [1.82, 2.24) is 15.5 Å². The van der Waals surface area contributed by atoms with Crippen LogP contribution in [0.5, 0.6) is 0 Å². The Labute approximate surface area is 173 Å². The Bertz CT molecular complexity index is 767. The van der Waals surface area contributed by atoms with E-state index in [4.69, 9.17) is 0 Å². The van der Waals surface area contributed by atoms with Gasteiger partial charge in [-0.25, -0.2) is 0 Å². The van der Waals surface area contributed by atoms with Crippen LogP contribution in [-0.2, 0) is 5.41 Å². The van der Waals surface area contributed by atoms with Crippen molar-refractivity contribution in [3.05, 3.63) is 58.3 Å². The number of hydrogen-bond donors (Lipinski definition) is 2. The molecule has 1 aliphatic carbocycles. The third-order valence-corrected chi connectivity index (χ3v) is 7.37. The van der Waals surface area contributed by atoms with Crippen LogP contribution >= 0.6 is 11.3 Å². The van der Waals surface area contributed by atoms with E-state index in [0.29, 0.717) is 17.4 Å². The minimum Gasteiger partial charge on any atom is -0.356 e. The van der Waals surface area contributed by atoms with Gasteiger partial charge < -0.3 is 10.6 Å². The molecule has 5 heteroatoms. The summed E-state index contributed by atoms with van der Waals surface area (Å²) in [7, 11) is 4.14. The van der Waals surface area contributed by atoms with Gasteiger partial charge >= 0.3 is 0 Å². The lowest BCUT2D eigenvalue weighted by Crippen LogP contribution is -2.46. The summed E-state index contributed by atoms with van der Waals surface area (Å²) in [5.41, 5.74) is 1.74. The van der Waals surface area contributed by atoms with E-state index in [1.807, 2.05) is 18.4 Å². The Morgan fingerprint density at radius 3 is 2.68 bits per heavy atom. The van der Waals surface area contributed by atoms with Crippen LogP contribution in [0, 0.1) is 5.92 Å². The summed E-state index contributed by atoms with van der Waals surface area (Å²) < 4.78 is 0. The first-order valence-corrected chi connectivity index (χ1v) is 11.3. The Kier molecular flexibility index (Phi) is 6.02. The van der Waals surface area contributed by atoms with Gasteiger partial charge in [0.15, 0.2) is 5.96 Å². The molecule has 2 fully saturated rings. The van der Waals surface area contributed by atoms with Crippen molar-refractivity contribution in [2.45, 2.75) is 37.1 Å². The highest BCUT2D eigenvalue weighted by Crippen LogP contribution is 2.47. The van der Waals surface area contributed by atoms with Crippen molar-refractivity contribution in [2.24, 2.45) is 10.9 Å². The second-order valence-electron chi connectivity index (χ2n) is 8.30. The molecule has 2 atom stereocenters. The summed E-state index contributed by atoms with van der Waals surface area (Å²) in [5, 5.41) is 9.42. The number of rotatable bonds is 6. The highest BCUT2D eigenvalue weighted by atomic mass is 32.1. The summed E-state index contributed by atoms with van der Waals surface area (Å²) >= 11 is 1.88. The first-order valence-electron chi connectivity index (χ1n) is 10.5. The van der Waals surface area contributed by atoms with Crippen LogP contribution in [0.25, 0.3) is 0 Å². The molecule has 0 spiro atoms. The lowest BCUT2D eigenvalue weighted by molar-refractivity contribution is 0.125. The van der Waals surface area contributed by atoms with Crippen molar-refractivity contribution >= 4 is 17.3 Å². The van der Waals surface area contributed by atoms with E-state index >= 15 is 0 Å². The van der Waals surface area contributed by atoms with E-state index in [0.717, 1.165) is 19.0 Å². The van der Waals surface area contributed by atoms with Crippen molar-refractivity contribution in [3.63, 3.8) is 0 Å². The molecule has 0 bridgehead atoms. The molecular formula is C23H32N4S. The number of hydrogen-bond acceptors (Lipinski definition) is 3. The molecule has 4 nitrogen and oxygen atoms in total. The fourth-order valence-electron chi connectivity index (χ4n) is 4.59. The Morgan fingerprint density at radius 2 is 2.00 bits per heavy atom. The molecule has 2 heterocycles. The van der Waals surface area contributed by atoms with E-state index in [1.54, 1.807) is 0 Å². The second kappa shape index (κ2) is 8.66. The molecule has 1 aromatic heterocycles. The van der Waals surface area contributed by atoms with Crippen LogP contribution in [0.15, 0.2) is 52.8 Å². The maximum atomic E-state index is 4.49. The summed E-state index contributed by atoms with van der Waals surface area (Å²) in [6, 6.07) is 15.9. The molecule has 2 aliphatic rings. The number of aliphatic imine (C=N–C) groups is 1. The van der Waals surface area contributed by atoms with Crippen LogP contribution in [0.4, 0.5) is 0 Å². The van der Waals surface area contributed by atoms with Crippen LogP contribution < -0.4 is 10.6 Å². The Morgan fingerprint density at radius 1 is 1.18 bits per heavy atom. The average molecular weight is 397 g/mol. The number of nitrogens with zero attached hydrogens (tertiary/aromatic N) is 2. The van der Waals surface area contributed by atoms with Crippen molar-refractivity contribution in [2.75, 3.05) is 33.7 Å². The third-order valence-electron chi connectivity index (χ3n) is 6.43. The number of nitrogens with one attached hydrogen (secondary N) is 2. The van der Waals surface area contributed by atoms with Crippen LogP contribution in [0.3, 0.4) is 0 Å². The van der Waals surface area contributed by atoms with Gasteiger partial charge in [0.05, 0.1) is 0 Å². The molecule has 1 saturated carbocycles. The molecule has 2 aromatic rings. The molecule has 0 amide bonds. The Hall–Kier alpha value is -1.85. The molecule has 1 aromatic carbocycles. The number of guanidine groups is 1. The summed E-state index contributed by atoms with van der Waals surface area (Å²) in [5.74, 6) is 1.54. The van der Waals surface area contributed by atoms with Crippen molar-refractivity contribution in [1.29, 1.82) is 0 Å². The quantitative estimate of drug-likeness (QED) is 0.572. The van der Waals surface area contributed by atoms with Gasteiger partial charge in [-0.2, -0.15) is 0 Å². The topological polar surface area (TPSA) is 39.7 Å². The molecule has 2 unspecified atom stereocenters. The minimum atomic E-state index is 0.295. The number of likely N-dealkylation sites (tertiary alicyclic amines) is 1. The second-order valence-corrected chi connectivity index (χ2v) is 9.28. The largest absolute Gasteiger partial charge is 0.356 e. The zero-order valence-corrected chi connectivity index (χ0v) is 17.8. The van der Waals surface area contributed by atoms with Gasteiger partial charge in [0.1, 0.15) is 0 Å². The standard InChI is InChI=1S/C23H32N4S/c1-24-22(26-17-23(12-13-23)19-9-4-3-5-10-19)25-16-18-8-6-14-27(2)21(18)20-11-7-15-28-20/h3-5,7,9-11,15,18,21H,6,8,12-14,16-17H2,1-2H3,(H2,24,25,26). The molecule has 1 aliphatic heterocycles. The SMILES string of the molecule is CN=C(NCC1CCCN(C)C1c1cccs1)NCC1(c2ccccc2)CC1.